The van der Waals surface area contributed by atoms with Crippen molar-refractivity contribution in [1.29, 1.82) is 0 Å². The summed E-state index contributed by atoms with van der Waals surface area (Å²) in [7, 11) is 1.54. The Balaban J connectivity index is 2.00. The fraction of sp³-hybridized carbons (Fsp3) is 0.100. The van der Waals surface area contributed by atoms with Gasteiger partial charge < -0.3 is 5.32 Å². The molecule has 1 N–H and O–H groups in total. The molecule has 0 aliphatic carbocycles. The number of pyridine rings is 2. The summed E-state index contributed by atoms with van der Waals surface area (Å²) in [5.41, 5.74) is 2.61. The highest BCUT2D eigenvalue weighted by molar-refractivity contribution is 6.31. The molecular weight excluding hydrogens is 350 g/mol. The van der Waals surface area contributed by atoms with Gasteiger partial charge in [-0.15, -0.1) is 0 Å². The number of nitrogens with zero attached hydrogens (tertiary/aromatic N) is 2. The molecule has 1 aromatic carbocycles. The highest BCUT2D eigenvalue weighted by atomic mass is 35.5. The van der Waals surface area contributed by atoms with Crippen molar-refractivity contribution in [3.8, 4) is 11.4 Å². The molecule has 0 atom stereocenters. The lowest BCUT2D eigenvalue weighted by molar-refractivity contribution is 0.0957. The number of rotatable bonds is 5. The summed E-state index contributed by atoms with van der Waals surface area (Å²) in [6.45, 7) is 0. The lowest BCUT2D eigenvalue weighted by Crippen LogP contribution is -2.20. The standard InChI is InChI=1S/C20H16ClN3O2/c1-22-20(26)17-9-8-14(19(24-17)16-7-2-3-10-23-16)12-18(25)13-5-4-6-15(21)11-13/h2-11H,12H2,1H3,(H,22,26). The molecule has 0 unspecified atom stereocenters. The summed E-state index contributed by atoms with van der Waals surface area (Å²) >= 11 is 5.97. The first-order valence-electron chi connectivity index (χ1n) is 8.00. The maximum Gasteiger partial charge on any atom is 0.269 e. The zero-order valence-electron chi connectivity index (χ0n) is 14.1. The van der Waals surface area contributed by atoms with Crippen molar-refractivity contribution >= 4 is 23.3 Å². The number of benzene rings is 1. The molecule has 0 fully saturated rings. The van der Waals surface area contributed by atoms with Crippen LogP contribution < -0.4 is 5.32 Å². The van der Waals surface area contributed by atoms with E-state index in [0.717, 1.165) is 0 Å². The minimum absolute atomic E-state index is 0.0841. The zero-order chi connectivity index (χ0) is 18.5. The molecule has 2 aromatic heterocycles. The minimum atomic E-state index is -0.296. The number of carbonyl (C=O) groups excluding carboxylic acids is 2. The van der Waals surface area contributed by atoms with Crippen molar-refractivity contribution < 1.29 is 9.59 Å². The van der Waals surface area contributed by atoms with Gasteiger partial charge in [-0.25, -0.2) is 4.98 Å². The van der Waals surface area contributed by atoms with E-state index in [0.29, 0.717) is 27.5 Å². The van der Waals surface area contributed by atoms with Crippen molar-refractivity contribution in [1.82, 2.24) is 15.3 Å². The molecule has 0 spiro atoms. The molecule has 0 saturated heterocycles. The average molecular weight is 366 g/mol. The number of carbonyl (C=O) groups is 2. The maximum absolute atomic E-state index is 12.6. The molecule has 1 amide bonds. The van der Waals surface area contributed by atoms with Crippen molar-refractivity contribution in [3.63, 3.8) is 0 Å². The molecule has 0 saturated carbocycles. The molecule has 3 rings (SSSR count). The Bertz CT molecular complexity index is 958. The van der Waals surface area contributed by atoms with E-state index in [1.807, 2.05) is 6.07 Å². The molecule has 2 heterocycles. The molecule has 0 aliphatic rings. The number of hydrogen-bond acceptors (Lipinski definition) is 4. The second kappa shape index (κ2) is 7.89. The van der Waals surface area contributed by atoms with Crippen molar-refractivity contribution in [2.75, 3.05) is 7.05 Å². The summed E-state index contributed by atoms with van der Waals surface area (Å²) < 4.78 is 0. The van der Waals surface area contributed by atoms with Crippen LogP contribution in [0, 0.1) is 0 Å². The van der Waals surface area contributed by atoms with E-state index in [1.54, 1.807) is 61.8 Å². The molecule has 5 nitrogen and oxygen atoms in total. The Morgan fingerprint density at radius 2 is 1.92 bits per heavy atom. The van der Waals surface area contributed by atoms with Gasteiger partial charge in [-0.3, -0.25) is 14.6 Å². The van der Waals surface area contributed by atoms with Gasteiger partial charge in [-0.05, 0) is 35.9 Å². The monoisotopic (exact) mass is 365 g/mol. The van der Waals surface area contributed by atoms with Gasteiger partial charge in [-0.1, -0.05) is 35.9 Å². The maximum atomic E-state index is 12.6. The number of amides is 1. The Labute approximate surface area is 156 Å². The van der Waals surface area contributed by atoms with Gasteiger partial charge in [0.15, 0.2) is 5.78 Å². The number of halogens is 1. The van der Waals surface area contributed by atoms with E-state index in [-0.39, 0.29) is 23.8 Å². The lowest BCUT2D eigenvalue weighted by Gasteiger charge is -2.10. The van der Waals surface area contributed by atoms with Gasteiger partial charge in [0.05, 0.1) is 11.4 Å². The van der Waals surface area contributed by atoms with Gasteiger partial charge in [0, 0.05) is 30.3 Å². The molecule has 0 bridgehead atoms. The fourth-order valence-corrected chi connectivity index (χ4v) is 2.74. The molecule has 3 aromatic rings. The van der Waals surface area contributed by atoms with Crippen LogP contribution in [0.5, 0.6) is 0 Å². The van der Waals surface area contributed by atoms with E-state index < -0.39 is 0 Å². The van der Waals surface area contributed by atoms with Gasteiger partial charge in [-0.2, -0.15) is 0 Å². The predicted octanol–water partition coefficient (Wildman–Crippen LogP) is 3.58. The largest absolute Gasteiger partial charge is 0.354 e. The second-order valence-corrected chi connectivity index (χ2v) is 6.05. The summed E-state index contributed by atoms with van der Waals surface area (Å²) in [5, 5.41) is 3.06. The van der Waals surface area contributed by atoms with Crippen LogP contribution in [0.15, 0.2) is 60.8 Å². The first kappa shape index (κ1) is 17.8. The first-order chi connectivity index (χ1) is 12.6. The third-order valence-electron chi connectivity index (χ3n) is 3.84. The van der Waals surface area contributed by atoms with Crippen molar-refractivity contribution in [2.24, 2.45) is 0 Å². The summed E-state index contributed by atoms with van der Waals surface area (Å²) in [6, 6.07) is 15.6. The summed E-state index contributed by atoms with van der Waals surface area (Å²) in [6.07, 6.45) is 1.78. The van der Waals surface area contributed by atoms with Crippen LogP contribution in [0.3, 0.4) is 0 Å². The van der Waals surface area contributed by atoms with Gasteiger partial charge >= 0.3 is 0 Å². The molecular formula is C20H16ClN3O2. The smallest absolute Gasteiger partial charge is 0.269 e. The third kappa shape index (κ3) is 3.95. The number of hydrogen-bond donors (Lipinski definition) is 1. The van der Waals surface area contributed by atoms with Crippen LogP contribution in [0.1, 0.15) is 26.4 Å². The Hall–Kier alpha value is -3.05. The average Bonchev–Trinajstić information content (AvgIpc) is 2.68. The van der Waals surface area contributed by atoms with Gasteiger partial charge in [0.2, 0.25) is 0 Å². The fourth-order valence-electron chi connectivity index (χ4n) is 2.55. The molecule has 130 valence electrons. The summed E-state index contributed by atoms with van der Waals surface area (Å²) in [5.74, 6) is -0.380. The van der Waals surface area contributed by atoms with Gasteiger partial charge in [0.25, 0.3) is 5.91 Å². The highest BCUT2D eigenvalue weighted by Gasteiger charge is 2.16. The topological polar surface area (TPSA) is 72.0 Å². The van der Waals surface area contributed by atoms with E-state index in [9.17, 15) is 9.59 Å². The Morgan fingerprint density at radius 3 is 2.62 bits per heavy atom. The number of ketones is 1. The SMILES string of the molecule is CNC(=O)c1ccc(CC(=O)c2cccc(Cl)c2)c(-c2ccccn2)n1. The van der Waals surface area contributed by atoms with E-state index in [2.05, 4.69) is 15.3 Å². The zero-order valence-corrected chi connectivity index (χ0v) is 14.8. The van der Waals surface area contributed by atoms with Crippen LogP contribution in [0.2, 0.25) is 5.02 Å². The molecule has 0 aliphatic heterocycles. The van der Waals surface area contributed by atoms with Crippen LogP contribution in [0.25, 0.3) is 11.4 Å². The van der Waals surface area contributed by atoms with Crippen molar-refractivity contribution in [2.45, 2.75) is 6.42 Å². The summed E-state index contributed by atoms with van der Waals surface area (Å²) in [4.78, 5) is 33.3. The van der Waals surface area contributed by atoms with Crippen LogP contribution in [-0.2, 0) is 6.42 Å². The molecule has 0 radical (unpaired) electrons. The minimum Gasteiger partial charge on any atom is -0.354 e. The lowest BCUT2D eigenvalue weighted by atomic mass is 10.00. The number of aromatic nitrogens is 2. The molecule has 26 heavy (non-hydrogen) atoms. The third-order valence-corrected chi connectivity index (χ3v) is 4.08. The van der Waals surface area contributed by atoms with E-state index >= 15 is 0 Å². The Kier molecular flexibility index (Phi) is 5.39. The second-order valence-electron chi connectivity index (χ2n) is 5.61. The Morgan fingerprint density at radius 1 is 1.08 bits per heavy atom. The van der Waals surface area contributed by atoms with E-state index in [4.69, 9.17) is 11.6 Å². The first-order valence-corrected chi connectivity index (χ1v) is 8.38. The number of Topliss-reactive ketones (excluding diaryl/α,β-unsaturated/α-hetero) is 1. The normalized spacial score (nSPS) is 10.4. The van der Waals surface area contributed by atoms with Crippen LogP contribution >= 0.6 is 11.6 Å². The van der Waals surface area contributed by atoms with Crippen LogP contribution in [0.4, 0.5) is 0 Å². The quantitative estimate of drug-likeness (QED) is 0.701. The molecule has 6 heteroatoms. The van der Waals surface area contributed by atoms with Crippen molar-refractivity contribution in [3.05, 3.63) is 82.6 Å². The number of nitrogens with one attached hydrogen (secondary N) is 1. The predicted molar refractivity (Wildman–Crippen MR) is 100 cm³/mol. The van der Waals surface area contributed by atoms with Gasteiger partial charge in [0.1, 0.15) is 5.69 Å². The highest BCUT2D eigenvalue weighted by Crippen LogP contribution is 2.22. The van der Waals surface area contributed by atoms with E-state index in [1.165, 1.54) is 0 Å². The van der Waals surface area contributed by atoms with Crippen LogP contribution in [-0.4, -0.2) is 28.7 Å².